The van der Waals surface area contributed by atoms with Gasteiger partial charge in [0.15, 0.2) is 0 Å². The molecule has 2 N–H and O–H groups in total. The van der Waals surface area contributed by atoms with Gasteiger partial charge in [-0.1, -0.05) is 24.3 Å². The van der Waals surface area contributed by atoms with Crippen LogP contribution in [0.2, 0.25) is 0 Å². The van der Waals surface area contributed by atoms with Crippen LogP contribution in [-0.4, -0.2) is 61.0 Å². The van der Waals surface area contributed by atoms with Gasteiger partial charge in [-0.3, -0.25) is 8.37 Å². The summed E-state index contributed by atoms with van der Waals surface area (Å²) in [6.45, 7) is 6.85. The third-order valence-corrected chi connectivity index (χ3v) is 8.34. The SMILES string of the molecule is COS(=O)(=O)c1cc(Nc2nc(C)nc(C)n2)ccc1C=Cc1ccc(Nc2nc(C)nc(C)n2)cc1S(=O)(=O)OC. The molecule has 2 aromatic carbocycles. The van der Waals surface area contributed by atoms with Crippen LogP contribution in [0.15, 0.2) is 46.2 Å². The van der Waals surface area contributed by atoms with Crippen molar-refractivity contribution >= 4 is 55.7 Å². The van der Waals surface area contributed by atoms with E-state index in [1.165, 1.54) is 36.4 Å². The maximum atomic E-state index is 12.8. The highest BCUT2D eigenvalue weighted by atomic mass is 32.2. The molecule has 220 valence electrons. The minimum Gasteiger partial charge on any atom is -0.324 e. The molecule has 0 amide bonds. The van der Waals surface area contributed by atoms with Crippen molar-refractivity contribution in [1.29, 1.82) is 0 Å². The number of aromatic nitrogens is 6. The molecule has 42 heavy (non-hydrogen) atoms. The molecule has 0 radical (unpaired) electrons. The molecule has 0 aliphatic carbocycles. The normalized spacial score (nSPS) is 12.0. The summed E-state index contributed by atoms with van der Waals surface area (Å²) >= 11 is 0. The fourth-order valence-electron chi connectivity index (χ4n) is 3.89. The Morgan fingerprint density at radius 1 is 0.571 bits per heavy atom. The maximum absolute atomic E-state index is 12.8. The lowest BCUT2D eigenvalue weighted by molar-refractivity contribution is 0.396. The number of rotatable bonds is 10. The van der Waals surface area contributed by atoms with Crippen molar-refractivity contribution in [2.75, 3.05) is 24.9 Å². The third-order valence-electron chi connectivity index (χ3n) is 5.68. The minimum absolute atomic E-state index is 0.163. The van der Waals surface area contributed by atoms with Gasteiger partial charge in [-0.25, -0.2) is 9.97 Å². The molecule has 0 bridgehead atoms. The molecule has 14 nitrogen and oxygen atoms in total. The van der Waals surface area contributed by atoms with Gasteiger partial charge in [0.05, 0.1) is 14.2 Å². The van der Waals surface area contributed by atoms with Crippen molar-refractivity contribution in [3.05, 3.63) is 70.8 Å². The zero-order valence-electron chi connectivity index (χ0n) is 23.6. The van der Waals surface area contributed by atoms with Crippen molar-refractivity contribution in [2.24, 2.45) is 0 Å². The zero-order chi connectivity index (χ0) is 30.7. The Morgan fingerprint density at radius 2 is 0.905 bits per heavy atom. The Balaban J connectivity index is 1.73. The summed E-state index contributed by atoms with van der Waals surface area (Å²) in [5.74, 6) is 2.47. The number of anilines is 4. The molecule has 0 spiro atoms. The first-order chi connectivity index (χ1) is 19.8. The van der Waals surface area contributed by atoms with Gasteiger partial charge in [-0.05, 0) is 63.1 Å². The summed E-state index contributed by atoms with van der Waals surface area (Å²) in [5, 5.41) is 5.94. The highest BCUT2D eigenvalue weighted by molar-refractivity contribution is 7.87. The first-order valence-electron chi connectivity index (χ1n) is 12.3. The van der Waals surface area contributed by atoms with Crippen LogP contribution in [0.25, 0.3) is 12.2 Å². The van der Waals surface area contributed by atoms with Crippen LogP contribution in [0.3, 0.4) is 0 Å². The van der Waals surface area contributed by atoms with Crippen molar-refractivity contribution in [3.8, 4) is 0 Å². The molecular formula is C26H28N8O6S2. The molecule has 2 heterocycles. The summed E-state index contributed by atoms with van der Waals surface area (Å²) in [6, 6.07) is 9.06. The average Bonchev–Trinajstić information content (AvgIpc) is 2.91. The van der Waals surface area contributed by atoms with Gasteiger partial charge in [-0.15, -0.1) is 0 Å². The van der Waals surface area contributed by atoms with Gasteiger partial charge in [-0.2, -0.15) is 36.8 Å². The van der Waals surface area contributed by atoms with Crippen LogP contribution in [0.1, 0.15) is 34.4 Å². The second-order valence-corrected chi connectivity index (χ2v) is 12.2. The van der Waals surface area contributed by atoms with E-state index in [1.54, 1.807) is 39.8 Å². The Kier molecular flexibility index (Phi) is 8.91. The molecular weight excluding hydrogens is 584 g/mol. The lowest BCUT2D eigenvalue weighted by Crippen LogP contribution is -2.08. The molecule has 0 unspecified atom stereocenters. The zero-order valence-corrected chi connectivity index (χ0v) is 25.2. The van der Waals surface area contributed by atoms with Gasteiger partial charge in [0, 0.05) is 11.4 Å². The van der Waals surface area contributed by atoms with E-state index < -0.39 is 20.2 Å². The molecule has 16 heteroatoms. The molecule has 0 saturated carbocycles. The summed E-state index contributed by atoms with van der Waals surface area (Å²) < 4.78 is 60.8. The van der Waals surface area contributed by atoms with Crippen LogP contribution >= 0.6 is 0 Å². The summed E-state index contributed by atoms with van der Waals surface area (Å²) in [6.07, 6.45) is 2.92. The maximum Gasteiger partial charge on any atom is 0.297 e. The second-order valence-electron chi connectivity index (χ2n) is 8.84. The number of hydrogen-bond acceptors (Lipinski definition) is 14. The Bertz CT molecular complexity index is 1720. The van der Waals surface area contributed by atoms with E-state index in [4.69, 9.17) is 8.37 Å². The fourth-order valence-corrected chi connectivity index (χ4v) is 5.64. The van der Waals surface area contributed by atoms with Gasteiger partial charge in [0.25, 0.3) is 20.2 Å². The summed E-state index contributed by atoms with van der Waals surface area (Å²) in [7, 11) is -6.25. The van der Waals surface area contributed by atoms with Crippen LogP contribution < -0.4 is 10.6 Å². The van der Waals surface area contributed by atoms with Crippen LogP contribution in [-0.2, 0) is 28.6 Å². The van der Waals surface area contributed by atoms with E-state index in [0.29, 0.717) is 34.7 Å². The first-order valence-corrected chi connectivity index (χ1v) is 15.1. The topological polar surface area (TPSA) is 188 Å². The van der Waals surface area contributed by atoms with E-state index in [2.05, 4.69) is 40.5 Å². The van der Waals surface area contributed by atoms with E-state index in [1.807, 2.05) is 0 Å². The molecule has 4 rings (SSSR count). The standard InChI is InChI=1S/C26H28N8O6S2/c1-15-27-16(2)30-25(29-15)33-21-11-9-19(23(13-21)41(35,36)39-5)7-8-20-10-12-22(14-24(20)42(37,38)40-6)34-26-31-17(3)28-18(4)32-26/h7-14H,1-6H3,(H,27,29,30,33)(H,28,31,32,34). The lowest BCUT2D eigenvalue weighted by atomic mass is 10.1. The first kappa shape index (κ1) is 30.6. The third kappa shape index (κ3) is 7.27. The minimum atomic E-state index is -4.17. The quantitative estimate of drug-likeness (QED) is 0.195. The van der Waals surface area contributed by atoms with E-state index in [9.17, 15) is 16.8 Å². The van der Waals surface area contributed by atoms with Crippen LogP contribution in [0, 0.1) is 27.7 Å². The van der Waals surface area contributed by atoms with E-state index >= 15 is 0 Å². The highest BCUT2D eigenvalue weighted by Gasteiger charge is 2.21. The van der Waals surface area contributed by atoms with Crippen LogP contribution in [0.5, 0.6) is 0 Å². The predicted octanol–water partition coefficient (Wildman–Crippen LogP) is 3.62. The van der Waals surface area contributed by atoms with Crippen molar-refractivity contribution < 1.29 is 25.2 Å². The van der Waals surface area contributed by atoms with Gasteiger partial charge in [0.1, 0.15) is 33.1 Å². The largest absolute Gasteiger partial charge is 0.324 e. The smallest absolute Gasteiger partial charge is 0.297 e. The van der Waals surface area contributed by atoms with Crippen LogP contribution in [0.4, 0.5) is 23.3 Å². The number of hydrogen-bond donors (Lipinski definition) is 2. The van der Waals surface area contributed by atoms with E-state index in [-0.39, 0.29) is 32.8 Å². The molecule has 0 fully saturated rings. The summed E-state index contributed by atoms with van der Waals surface area (Å²) in [5.41, 5.74) is 1.25. The van der Waals surface area contributed by atoms with Gasteiger partial charge < -0.3 is 10.6 Å². The molecule has 0 atom stereocenters. The van der Waals surface area contributed by atoms with Gasteiger partial charge in [0.2, 0.25) is 11.9 Å². The Morgan fingerprint density at radius 3 is 1.21 bits per heavy atom. The number of benzene rings is 2. The number of aryl methyl sites for hydroxylation is 4. The predicted molar refractivity (Wildman–Crippen MR) is 155 cm³/mol. The highest BCUT2D eigenvalue weighted by Crippen LogP contribution is 2.29. The molecule has 0 aliphatic rings. The van der Waals surface area contributed by atoms with Gasteiger partial charge >= 0.3 is 0 Å². The average molecular weight is 613 g/mol. The molecule has 0 aliphatic heterocycles. The molecule has 0 saturated heterocycles. The molecule has 2 aromatic heterocycles. The lowest BCUT2D eigenvalue weighted by Gasteiger charge is -2.12. The fraction of sp³-hybridized carbons (Fsp3) is 0.231. The second kappa shape index (κ2) is 12.2. The van der Waals surface area contributed by atoms with Crippen molar-refractivity contribution in [2.45, 2.75) is 37.5 Å². The Labute approximate surface area is 243 Å². The monoisotopic (exact) mass is 612 g/mol. The van der Waals surface area contributed by atoms with Crippen molar-refractivity contribution in [3.63, 3.8) is 0 Å². The van der Waals surface area contributed by atoms with Crippen molar-refractivity contribution in [1.82, 2.24) is 29.9 Å². The molecule has 4 aromatic rings. The number of nitrogens with zero attached hydrogens (tertiary/aromatic N) is 6. The summed E-state index contributed by atoms with van der Waals surface area (Å²) in [4.78, 5) is 24.8. The van der Waals surface area contributed by atoms with E-state index in [0.717, 1.165) is 14.2 Å². The Hall–Kier alpha value is -4.38. The number of nitrogens with one attached hydrogen (secondary N) is 2.